The first-order valence-corrected chi connectivity index (χ1v) is 12.2. The van der Waals surface area contributed by atoms with Crippen molar-refractivity contribution in [1.29, 1.82) is 0 Å². The predicted octanol–water partition coefficient (Wildman–Crippen LogP) is 5.05. The summed E-state index contributed by atoms with van der Waals surface area (Å²) in [6, 6.07) is 0. The lowest BCUT2D eigenvalue weighted by Gasteiger charge is -2.28. The Morgan fingerprint density at radius 1 is 0.800 bits per heavy atom. The maximum Gasteiger partial charge on any atom is 0.213 e. The second-order valence-electron chi connectivity index (χ2n) is 8.44. The van der Waals surface area contributed by atoms with Crippen molar-refractivity contribution in [2.24, 2.45) is 0 Å². The molecule has 0 aromatic rings. The molecule has 2 atom stereocenters. The minimum absolute atomic E-state index is 0.0265. The van der Waals surface area contributed by atoms with E-state index in [9.17, 15) is 24.9 Å². The summed E-state index contributed by atoms with van der Waals surface area (Å²) < 4.78 is 0. The SMILES string of the molecule is CCCCCCCCCC=CC(=O)C(O)(C(=O)CCCCCCCCC)C(O)CO. The molecule has 176 valence electrons. The number of ketones is 2. The van der Waals surface area contributed by atoms with Crippen molar-refractivity contribution >= 4 is 11.6 Å². The maximum atomic E-state index is 12.5. The molecule has 0 bridgehead atoms. The molecule has 0 saturated heterocycles. The van der Waals surface area contributed by atoms with Gasteiger partial charge in [-0.1, -0.05) is 97.0 Å². The molecule has 0 fully saturated rings. The lowest BCUT2D eigenvalue weighted by atomic mass is 9.84. The quantitative estimate of drug-likeness (QED) is 0.136. The Hall–Kier alpha value is -1.04. The van der Waals surface area contributed by atoms with E-state index < -0.39 is 29.9 Å². The third kappa shape index (κ3) is 12.0. The van der Waals surface area contributed by atoms with Gasteiger partial charge in [0.05, 0.1) is 6.61 Å². The van der Waals surface area contributed by atoms with Crippen LogP contribution in [-0.2, 0) is 9.59 Å². The normalized spacial score (nSPS) is 14.7. The van der Waals surface area contributed by atoms with Gasteiger partial charge in [-0.25, -0.2) is 0 Å². The van der Waals surface area contributed by atoms with E-state index in [0.717, 1.165) is 32.1 Å². The Labute approximate surface area is 184 Å². The average Bonchev–Trinajstić information content (AvgIpc) is 2.75. The van der Waals surface area contributed by atoms with Gasteiger partial charge in [0.2, 0.25) is 5.60 Å². The molecule has 0 rings (SSSR count). The summed E-state index contributed by atoms with van der Waals surface area (Å²) in [5, 5.41) is 29.9. The van der Waals surface area contributed by atoms with Crippen LogP contribution >= 0.6 is 0 Å². The molecule has 30 heavy (non-hydrogen) atoms. The Morgan fingerprint density at radius 3 is 1.77 bits per heavy atom. The first-order valence-electron chi connectivity index (χ1n) is 12.2. The largest absolute Gasteiger partial charge is 0.394 e. The molecule has 0 radical (unpaired) electrons. The van der Waals surface area contributed by atoms with E-state index in [1.165, 1.54) is 57.4 Å². The molecule has 0 heterocycles. The van der Waals surface area contributed by atoms with E-state index in [0.29, 0.717) is 12.8 Å². The van der Waals surface area contributed by atoms with Crippen molar-refractivity contribution in [2.75, 3.05) is 6.61 Å². The molecule has 5 nitrogen and oxygen atoms in total. The molecule has 0 amide bonds. The maximum absolute atomic E-state index is 12.5. The van der Waals surface area contributed by atoms with E-state index in [2.05, 4.69) is 13.8 Å². The molecule has 0 aliphatic carbocycles. The second kappa shape index (κ2) is 18.7. The molecule has 0 aromatic heterocycles. The zero-order valence-corrected chi connectivity index (χ0v) is 19.4. The number of allylic oxidation sites excluding steroid dienone is 1. The van der Waals surface area contributed by atoms with E-state index in [1.807, 2.05) is 0 Å². The van der Waals surface area contributed by atoms with Crippen molar-refractivity contribution in [2.45, 2.75) is 128 Å². The van der Waals surface area contributed by atoms with Crippen LogP contribution in [0.15, 0.2) is 12.2 Å². The van der Waals surface area contributed by atoms with Crippen LogP contribution in [0.1, 0.15) is 117 Å². The second-order valence-corrected chi connectivity index (χ2v) is 8.44. The lowest BCUT2D eigenvalue weighted by Crippen LogP contribution is -2.56. The topological polar surface area (TPSA) is 94.8 Å². The zero-order chi connectivity index (χ0) is 22.7. The third-order valence-electron chi connectivity index (χ3n) is 5.71. The number of unbranched alkanes of at least 4 members (excludes halogenated alkanes) is 13. The number of aliphatic hydroxyl groups excluding tert-OH is 2. The summed E-state index contributed by atoms with van der Waals surface area (Å²) >= 11 is 0. The fourth-order valence-corrected chi connectivity index (χ4v) is 3.59. The van der Waals surface area contributed by atoms with Gasteiger partial charge in [0, 0.05) is 6.42 Å². The Kier molecular flexibility index (Phi) is 18.1. The van der Waals surface area contributed by atoms with E-state index >= 15 is 0 Å². The molecule has 0 aliphatic heterocycles. The number of rotatable bonds is 21. The predicted molar refractivity (Wildman–Crippen MR) is 122 cm³/mol. The highest BCUT2D eigenvalue weighted by atomic mass is 16.4. The fourth-order valence-electron chi connectivity index (χ4n) is 3.59. The van der Waals surface area contributed by atoms with Crippen LogP contribution < -0.4 is 0 Å². The van der Waals surface area contributed by atoms with Crippen LogP contribution in [0, 0.1) is 0 Å². The molecular formula is C25H46O5. The minimum Gasteiger partial charge on any atom is -0.394 e. The van der Waals surface area contributed by atoms with E-state index in [4.69, 9.17) is 0 Å². The summed E-state index contributed by atoms with van der Waals surface area (Å²) in [6.45, 7) is 3.51. The summed E-state index contributed by atoms with van der Waals surface area (Å²) in [5.41, 5.74) is -2.55. The summed E-state index contributed by atoms with van der Waals surface area (Å²) in [6.07, 6.45) is 17.1. The first-order chi connectivity index (χ1) is 14.4. The first kappa shape index (κ1) is 29.0. The number of carbonyl (C=O) groups is 2. The van der Waals surface area contributed by atoms with Crippen LogP contribution in [0.4, 0.5) is 0 Å². The molecular weight excluding hydrogens is 380 g/mol. The van der Waals surface area contributed by atoms with Gasteiger partial charge in [0.1, 0.15) is 6.10 Å². The van der Waals surface area contributed by atoms with Gasteiger partial charge >= 0.3 is 0 Å². The average molecular weight is 427 g/mol. The van der Waals surface area contributed by atoms with Crippen LogP contribution in [0.25, 0.3) is 0 Å². The molecule has 0 aromatic carbocycles. The van der Waals surface area contributed by atoms with Crippen molar-refractivity contribution in [1.82, 2.24) is 0 Å². The van der Waals surface area contributed by atoms with Crippen molar-refractivity contribution in [3.05, 3.63) is 12.2 Å². The van der Waals surface area contributed by atoms with Crippen molar-refractivity contribution in [3.63, 3.8) is 0 Å². The minimum atomic E-state index is -2.55. The fraction of sp³-hybridized carbons (Fsp3) is 0.840. The van der Waals surface area contributed by atoms with Gasteiger partial charge < -0.3 is 15.3 Å². The van der Waals surface area contributed by atoms with Crippen molar-refractivity contribution in [3.8, 4) is 0 Å². The molecule has 0 spiro atoms. The lowest BCUT2D eigenvalue weighted by molar-refractivity contribution is -0.163. The van der Waals surface area contributed by atoms with Crippen LogP contribution in [0.5, 0.6) is 0 Å². The van der Waals surface area contributed by atoms with Crippen molar-refractivity contribution < 1.29 is 24.9 Å². The highest BCUT2D eigenvalue weighted by Gasteiger charge is 2.47. The van der Waals surface area contributed by atoms with E-state index in [1.54, 1.807) is 6.08 Å². The number of hydrogen-bond donors (Lipinski definition) is 3. The Bertz CT molecular complexity index is 474. The van der Waals surface area contributed by atoms with Gasteiger partial charge in [0.25, 0.3) is 0 Å². The van der Waals surface area contributed by atoms with Gasteiger partial charge in [-0.2, -0.15) is 0 Å². The monoisotopic (exact) mass is 426 g/mol. The van der Waals surface area contributed by atoms with Crippen LogP contribution in [-0.4, -0.2) is 45.2 Å². The Balaban J connectivity index is 4.43. The zero-order valence-electron chi connectivity index (χ0n) is 19.4. The molecule has 0 aliphatic rings. The number of Topliss-reactive ketones (excluding diaryl/α,β-unsaturated/α-hetero) is 1. The highest BCUT2D eigenvalue weighted by molar-refractivity contribution is 6.15. The van der Waals surface area contributed by atoms with Crippen LogP contribution in [0.3, 0.4) is 0 Å². The molecule has 5 heteroatoms. The Morgan fingerprint density at radius 2 is 1.27 bits per heavy atom. The van der Waals surface area contributed by atoms with Gasteiger partial charge in [-0.15, -0.1) is 0 Å². The van der Waals surface area contributed by atoms with Crippen LogP contribution in [0.2, 0.25) is 0 Å². The molecule has 0 saturated carbocycles. The van der Waals surface area contributed by atoms with E-state index in [-0.39, 0.29) is 6.42 Å². The summed E-state index contributed by atoms with van der Waals surface area (Å²) in [5.74, 6) is -1.54. The smallest absolute Gasteiger partial charge is 0.213 e. The van der Waals surface area contributed by atoms with Gasteiger partial charge in [-0.05, 0) is 25.3 Å². The molecule has 2 unspecified atom stereocenters. The summed E-state index contributed by atoms with van der Waals surface area (Å²) in [7, 11) is 0. The third-order valence-corrected chi connectivity index (χ3v) is 5.71. The number of carbonyl (C=O) groups excluding carboxylic acids is 2. The summed E-state index contributed by atoms with van der Waals surface area (Å²) in [4.78, 5) is 25.0. The molecule has 3 N–H and O–H groups in total. The van der Waals surface area contributed by atoms with Gasteiger partial charge in [-0.3, -0.25) is 9.59 Å². The standard InChI is InChI=1S/C25H46O5/c1-3-5-7-9-11-12-14-16-18-20-23(28)25(30,24(29)21-26)22(27)19-17-15-13-10-8-6-4-2/h18,20,24,26,29-30H,3-17,19,21H2,1-2H3. The number of aliphatic hydroxyl groups is 3. The van der Waals surface area contributed by atoms with Gasteiger partial charge in [0.15, 0.2) is 11.6 Å². The number of hydrogen-bond acceptors (Lipinski definition) is 5. The highest BCUT2D eigenvalue weighted by Crippen LogP contribution is 2.20.